The highest BCUT2D eigenvalue weighted by molar-refractivity contribution is 5.87. The maximum Gasteiger partial charge on any atom is 0.245 e. The van der Waals surface area contributed by atoms with Gasteiger partial charge in [0, 0.05) is 26.3 Å². The molecule has 15 heavy (non-hydrogen) atoms. The molecule has 2 aliphatic heterocycles. The van der Waals surface area contributed by atoms with Gasteiger partial charge in [-0.05, 0) is 37.2 Å². The van der Waals surface area contributed by atoms with Gasteiger partial charge < -0.3 is 9.64 Å². The summed E-state index contributed by atoms with van der Waals surface area (Å²) >= 11 is 0. The Hall–Kier alpha value is -0.830. The van der Waals surface area contributed by atoms with Crippen LogP contribution in [-0.4, -0.2) is 37.1 Å². The molecule has 2 heterocycles. The van der Waals surface area contributed by atoms with Crippen molar-refractivity contribution in [1.29, 1.82) is 0 Å². The van der Waals surface area contributed by atoms with Gasteiger partial charge in [-0.25, -0.2) is 0 Å². The van der Waals surface area contributed by atoms with Crippen LogP contribution < -0.4 is 0 Å². The lowest BCUT2D eigenvalue weighted by atomic mass is 9.85. The molecule has 2 saturated heterocycles. The number of carbonyl (C=O) groups is 1. The van der Waals surface area contributed by atoms with Crippen LogP contribution >= 0.6 is 0 Å². The topological polar surface area (TPSA) is 29.5 Å². The van der Waals surface area contributed by atoms with Crippen LogP contribution in [0.1, 0.15) is 19.3 Å². The van der Waals surface area contributed by atoms with Crippen molar-refractivity contribution in [3.63, 3.8) is 0 Å². The van der Waals surface area contributed by atoms with Crippen molar-refractivity contribution in [2.24, 2.45) is 11.8 Å². The van der Waals surface area contributed by atoms with Gasteiger partial charge in [0.1, 0.15) is 0 Å². The van der Waals surface area contributed by atoms with Crippen molar-refractivity contribution in [2.45, 2.75) is 19.3 Å². The van der Waals surface area contributed by atoms with E-state index in [0.717, 1.165) is 38.1 Å². The number of ether oxygens (including phenoxy) is 1. The van der Waals surface area contributed by atoms with E-state index in [4.69, 9.17) is 4.74 Å². The zero-order valence-electron chi connectivity index (χ0n) is 9.15. The summed E-state index contributed by atoms with van der Waals surface area (Å²) in [6.07, 6.45) is 5.08. The van der Waals surface area contributed by atoms with Crippen LogP contribution in [-0.2, 0) is 9.53 Å². The first-order valence-corrected chi connectivity index (χ1v) is 5.78. The number of carbonyl (C=O) groups excluding carboxylic acids is 1. The number of rotatable bonds is 3. The second kappa shape index (κ2) is 4.79. The molecule has 0 aromatic carbocycles. The van der Waals surface area contributed by atoms with E-state index >= 15 is 0 Å². The third-order valence-corrected chi connectivity index (χ3v) is 3.45. The molecular weight excluding hydrogens is 190 g/mol. The second-order valence-corrected chi connectivity index (χ2v) is 4.60. The third-order valence-electron chi connectivity index (χ3n) is 3.45. The summed E-state index contributed by atoms with van der Waals surface area (Å²) in [5, 5.41) is 0. The van der Waals surface area contributed by atoms with E-state index in [1.165, 1.54) is 25.3 Å². The highest BCUT2D eigenvalue weighted by Gasteiger charge is 2.31. The average Bonchev–Trinajstić information content (AvgIpc) is 2.23. The summed E-state index contributed by atoms with van der Waals surface area (Å²) in [4.78, 5) is 13.1. The van der Waals surface area contributed by atoms with Gasteiger partial charge in [-0.15, -0.1) is 0 Å². The molecule has 0 aromatic rings. The van der Waals surface area contributed by atoms with E-state index in [2.05, 4.69) is 6.58 Å². The molecule has 0 spiro atoms. The first-order valence-electron chi connectivity index (χ1n) is 5.78. The van der Waals surface area contributed by atoms with Gasteiger partial charge in [0.15, 0.2) is 0 Å². The van der Waals surface area contributed by atoms with Gasteiger partial charge in [-0.1, -0.05) is 6.58 Å². The van der Waals surface area contributed by atoms with Gasteiger partial charge in [0.05, 0.1) is 0 Å². The van der Waals surface area contributed by atoms with Crippen molar-refractivity contribution in [3.8, 4) is 0 Å². The lowest BCUT2D eigenvalue weighted by Crippen LogP contribution is -2.50. The summed E-state index contributed by atoms with van der Waals surface area (Å²) in [5.41, 5.74) is 0. The van der Waals surface area contributed by atoms with Crippen molar-refractivity contribution in [3.05, 3.63) is 12.7 Å². The van der Waals surface area contributed by atoms with E-state index in [-0.39, 0.29) is 5.91 Å². The highest BCUT2D eigenvalue weighted by Crippen LogP contribution is 2.28. The summed E-state index contributed by atoms with van der Waals surface area (Å²) in [5.74, 6) is 1.62. The summed E-state index contributed by atoms with van der Waals surface area (Å²) < 4.78 is 5.33. The minimum absolute atomic E-state index is 0.0817. The monoisotopic (exact) mass is 209 g/mol. The predicted molar refractivity (Wildman–Crippen MR) is 58.4 cm³/mol. The number of hydrogen-bond donors (Lipinski definition) is 0. The Balaban J connectivity index is 1.66. The maximum absolute atomic E-state index is 11.2. The molecule has 3 nitrogen and oxygen atoms in total. The molecule has 84 valence electrons. The van der Waals surface area contributed by atoms with Crippen LogP contribution in [0, 0.1) is 11.8 Å². The maximum atomic E-state index is 11.2. The molecule has 0 N–H and O–H groups in total. The fraction of sp³-hybridized carbons (Fsp3) is 0.750. The first-order chi connectivity index (χ1) is 7.29. The molecule has 3 heteroatoms. The molecule has 2 aliphatic rings. The fourth-order valence-electron chi connectivity index (χ4n) is 2.48. The zero-order valence-corrected chi connectivity index (χ0v) is 9.15. The van der Waals surface area contributed by atoms with E-state index in [0.29, 0.717) is 0 Å². The Morgan fingerprint density at radius 2 is 2.00 bits per heavy atom. The second-order valence-electron chi connectivity index (χ2n) is 4.60. The SMILES string of the molecule is C=CC(=O)N1CC(CC2CCOCC2)C1. The molecule has 0 aliphatic carbocycles. The first kappa shape index (κ1) is 10.7. The predicted octanol–water partition coefficient (Wildman–Crippen LogP) is 1.45. The van der Waals surface area contributed by atoms with Crippen LogP contribution in [0.2, 0.25) is 0 Å². The Morgan fingerprint density at radius 3 is 2.60 bits per heavy atom. The van der Waals surface area contributed by atoms with Gasteiger partial charge in [0.25, 0.3) is 0 Å². The van der Waals surface area contributed by atoms with Crippen LogP contribution in [0.3, 0.4) is 0 Å². The molecule has 0 atom stereocenters. The number of amides is 1. The Bertz CT molecular complexity index is 240. The van der Waals surface area contributed by atoms with Crippen LogP contribution in [0.5, 0.6) is 0 Å². The summed E-state index contributed by atoms with van der Waals surface area (Å²) in [7, 11) is 0. The highest BCUT2D eigenvalue weighted by atomic mass is 16.5. The Labute approximate surface area is 91.1 Å². The minimum Gasteiger partial charge on any atom is -0.381 e. The Kier molecular flexibility index (Phi) is 3.41. The van der Waals surface area contributed by atoms with Gasteiger partial charge in [-0.2, -0.15) is 0 Å². The van der Waals surface area contributed by atoms with Crippen molar-refractivity contribution >= 4 is 5.91 Å². The molecule has 2 rings (SSSR count). The molecule has 0 aromatic heterocycles. The van der Waals surface area contributed by atoms with E-state index < -0.39 is 0 Å². The largest absolute Gasteiger partial charge is 0.381 e. The molecule has 0 radical (unpaired) electrons. The molecule has 1 amide bonds. The van der Waals surface area contributed by atoms with E-state index in [1.54, 1.807) is 0 Å². The summed E-state index contributed by atoms with van der Waals surface area (Å²) in [6, 6.07) is 0. The van der Waals surface area contributed by atoms with Gasteiger partial charge in [0.2, 0.25) is 5.91 Å². The quantitative estimate of drug-likeness (QED) is 0.658. The van der Waals surface area contributed by atoms with E-state index in [1.807, 2.05) is 4.90 Å². The standard InChI is InChI=1S/C12H19NO2/c1-2-12(14)13-8-11(9-13)7-10-3-5-15-6-4-10/h2,10-11H,1,3-9H2. The smallest absolute Gasteiger partial charge is 0.245 e. The normalized spacial score (nSPS) is 23.6. The van der Waals surface area contributed by atoms with E-state index in [9.17, 15) is 4.79 Å². The lowest BCUT2D eigenvalue weighted by molar-refractivity contribution is -0.132. The average molecular weight is 209 g/mol. The van der Waals surface area contributed by atoms with Gasteiger partial charge in [-0.3, -0.25) is 4.79 Å². The molecule has 2 fully saturated rings. The van der Waals surface area contributed by atoms with Crippen molar-refractivity contribution < 1.29 is 9.53 Å². The van der Waals surface area contributed by atoms with Gasteiger partial charge >= 0.3 is 0 Å². The minimum atomic E-state index is 0.0817. The number of hydrogen-bond acceptors (Lipinski definition) is 2. The summed E-state index contributed by atoms with van der Waals surface area (Å²) in [6.45, 7) is 7.21. The molecular formula is C12H19NO2. The van der Waals surface area contributed by atoms with Crippen molar-refractivity contribution in [1.82, 2.24) is 4.90 Å². The third kappa shape index (κ3) is 2.59. The lowest BCUT2D eigenvalue weighted by Gasteiger charge is -2.40. The van der Waals surface area contributed by atoms with Crippen LogP contribution in [0.25, 0.3) is 0 Å². The van der Waals surface area contributed by atoms with Crippen molar-refractivity contribution in [2.75, 3.05) is 26.3 Å². The van der Waals surface area contributed by atoms with Crippen LogP contribution in [0.15, 0.2) is 12.7 Å². The fourth-order valence-corrected chi connectivity index (χ4v) is 2.48. The zero-order chi connectivity index (χ0) is 10.7. The van der Waals surface area contributed by atoms with Crippen LogP contribution in [0.4, 0.5) is 0 Å². The molecule has 0 saturated carbocycles. The molecule has 0 bridgehead atoms. The number of nitrogens with zero attached hydrogens (tertiary/aromatic N) is 1. The Morgan fingerprint density at radius 1 is 1.33 bits per heavy atom. The molecule has 0 unspecified atom stereocenters. The number of likely N-dealkylation sites (tertiary alicyclic amines) is 1.